The molecular weight excluding hydrogens is 596 g/mol. The monoisotopic (exact) mass is 636 g/mol. The predicted octanol–water partition coefficient (Wildman–Crippen LogP) is 4.16. The van der Waals surface area contributed by atoms with Crippen molar-refractivity contribution < 1.29 is 49.1 Å². The maximum atomic E-state index is 13.8. The summed E-state index contributed by atoms with van der Waals surface area (Å²) in [5.41, 5.74) is -3.43. The molecule has 0 amide bonds. The Morgan fingerprint density at radius 1 is 0.717 bits per heavy atom. The highest BCUT2D eigenvalue weighted by Gasteiger charge is 2.54. The minimum atomic E-state index is -2.23. The second-order valence-electron chi connectivity index (χ2n) is 12.3. The first-order valence-electron chi connectivity index (χ1n) is 15.2. The minimum absolute atomic E-state index is 0.0185. The van der Waals surface area contributed by atoms with E-state index in [1.165, 1.54) is 26.2 Å². The van der Waals surface area contributed by atoms with Gasteiger partial charge in [-0.15, -0.1) is 0 Å². The van der Waals surface area contributed by atoms with Gasteiger partial charge in [0.25, 0.3) is 0 Å². The molecule has 0 bridgehead atoms. The number of fused-ring (bicyclic) bond motifs is 2. The topological polar surface area (TPSA) is 193 Å². The summed E-state index contributed by atoms with van der Waals surface area (Å²) in [6, 6.07) is 3.14. The number of pyridine rings is 2. The van der Waals surface area contributed by atoms with E-state index in [1.807, 2.05) is 0 Å². The van der Waals surface area contributed by atoms with Crippen molar-refractivity contribution in [3.63, 3.8) is 0 Å². The minimum Gasteiger partial charge on any atom is -0.507 e. The van der Waals surface area contributed by atoms with Crippen LogP contribution in [0.4, 0.5) is 0 Å². The van der Waals surface area contributed by atoms with Crippen molar-refractivity contribution in [3.05, 3.63) is 69.7 Å². The fraction of sp³-hybridized carbons (Fsp3) is 0.471. The van der Waals surface area contributed by atoms with Crippen LogP contribution >= 0.6 is 0 Å². The van der Waals surface area contributed by atoms with Gasteiger partial charge in [-0.2, -0.15) is 0 Å². The Kier molecular flexibility index (Phi) is 9.83. The van der Waals surface area contributed by atoms with Crippen molar-refractivity contribution in [1.29, 1.82) is 0 Å². The maximum absolute atomic E-state index is 13.8. The van der Waals surface area contributed by atoms with Gasteiger partial charge in [-0.05, 0) is 78.4 Å². The lowest BCUT2D eigenvalue weighted by molar-refractivity contribution is -0.151. The molecule has 0 saturated heterocycles. The van der Waals surface area contributed by atoms with Crippen LogP contribution in [0.2, 0.25) is 0 Å². The molecule has 46 heavy (non-hydrogen) atoms. The number of ketones is 2. The summed E-state index contributed by atoms with van der Waals surface area (Å²) in [5.74, 6) is -4.66. The van der Waals surface area contributed by atoms with Gasteiger partial charge in [0.05, 0.1) is 12.2 Å². The average molecular weight is 637 g/mol. The molecule has 2 aromatic rings. The van der Waals surface area contributed by atoms with E-state index in [0.29, 0.717) is 49.9 Å². The standard InChI is InChI=1S/C34H40N2O10/c1-17(37)9-7-11-21-13-23-25(15-35-21)29(41)33(5,45-19(3)39)31(43)27(23)28-24-14-22(12-8-10-18(2)38)36-16-26(24)30(42)34(6,32(28)44)46-20(4)40/h13-18,37-38,43-44H,7-12H2,1-6H3. The van der Waals surface area contributed by atoms with Crippen LogP contribution in [0.15, 0.2) is 36.0 Å². The van der Waals surface area contributed by atoms with Gasteiger partial charge in [0.2, 0.25) is 22.8 Å². The first-order chi connectivity index (χ1) is 21.5. The smallest absolute Gasteiger partial charge is 0.304 e. The number of carbonyl (C=O) groups excluding carboxylic acids is 4. The summed E-state index contributed by atoms with van der Waals surface area (Å²) < 4.78 is 10.8. The van der Waals surface area contributed by atoms with Crippen molar-refractivity contribution >= 4 is 34.7 Å². The van der Waals surface area contributed by atoms with Gasteiger partial charge in [0.1, 0.15) is 0 Å². The fourth-order valence-electron chi connectivity index (χ4n) is 5.94. The zero-order valence-electron chi connectivity index (χ0n) is 26.8. The molecule has 0 radical (unpaired) electrons. The highest BCUT2D eigenvalue weighted by Crippen LogP contribution is 2.50. The molecule has 0 saturated carbocycles. The average Bonchev–Trinajstić information content (AvgIpc) is 2.96. The second kappa shape index (κ2) is 13.1. The first kappa shape index (κ1) is 34.5. The van der Waals surface area contributed by atoms with Crippen LogP contribution in [-0.2, 0) is 31.9 Å². The van der Waals surface area contributed by atoms with E-state index in [-0.39, 0.29) is 33.4 Å². The third-order valence-corrected chi connectivity index (χ3v) is 8.25. The number of aromatic nitrogens is 2. The number of ether oxygens (including phenoxy) is 2. The van der Waals surface area contributed by atoms with Crippen molar-refractivity contribution in [3.8, 4) is 0 Å². The highest BCUT2D eigenvalue weighted by atomic mass is 16.6. The van der Waals surface area contributed by atoms with Gasteiger partial charge in [-0.25, -0.2) is 0 Å². The maximum Gasteiger partial charge on any atom is 0.304 e. The number of hydrogen-bond donors (Lipinski definition) is 4. The van der Waals surface area contributed by atoms with E-state index in [0.717, 1.165) is 13.8 Å². The Morgan fingerprint density at radius 2 is 1.07 bits per heavy atom. The molecule has 4 atom stereocenters. The van der Waals surface area contributed by atoms with Gasteiger partial charge in [-0.1, -0.05) is 0 Å². The molecule has 0 aliphatic heterocycles. The van der Waals surface area contributed by atoms with E-state index in [9.17, 15) is 39.6 Å². The molecule has 2 aromatic heterocycles. The largest absolute Gasteiger partial charge is 0.507 e. The van der Waals surface area contributed by atoms with Crippen LogP contribution in [0.3, 0.4) is 0 Å². The van der Waals surface area contributed by atoms with Crippen LogP contribution in [0.1, 0.15) is 110 Å². The number of carbonyl (C=O) groups is 4. The van der Waals surface area contributed by atoms with E-state index >= 15 is 0 Å². The Morgan fingerprint density at radius 3 is 1.37 bits per heavy atom. The second-order valence-corrected chi connectivity index (χ2v) is 12.3. The quantitative estimate of drug-likeness (QED) is 0.258. The van der Waals surface area contributed by atoms with Crippen LogP contribution < -0.4 is 0 Å². The summed E-state index contributed by atoms with van der Waals surface area (Å²) in [7, 11) is 0. The molecule has 0 aromatic carbocycles. The van der Waals surface area contributed by atoms with Crippen LogP contribution in [0, 0.1) is 0 Å². The molecule has 12 heteroatoms. The number of Topliss-reactive ketones (excluding diaryl/α,β-unsaturated/α-hetero) is 2. The zero-order chi connectivity index (χ0) is 34.1. The summed E-state index contributed by atoms with van der Waals surface area (Å²) in [6.07, 6.45) is 4.44. The van der Waals surface area contributed by atoms with Crippen molar-refractivity contribution in [1.82, 2.24) is 9.97 Å². The number of esters is 2. The van der Waals surface area contributed by atoms with Crippen LogP contribution in [0.5, 0.6) is 0 Å². The van der Waals surface area contributed by atoms with Crippen LogP contribution in [-0.4, -0.2) is 77.3 Å². The number of nitrogens with zero attached hydrogens (tertiary/aromatic N) is 2. The molecule has 0 fully saturated rings. The van der Waals surface area contributed by atoms with Crippen molar-refractivity contribution in [2.45, 2.75) is 103 Å². The molecular formula is C34H40N2O10. The molecule has 4 N–H and O–H groups in total. The van der Waals surface area contributed by atoms with E-state index in [4.69, 9.17) is 9.47 Å². The molecule has 4 unspecified atom stereocenters. The number of allylic oxidation sites excluding steroid dienone is 2. The Hall–Kier alpha value is -4.42. The molecule has 2 heterocycles. The summed E-state index contributed by atoms with van der Waals surface area (Å²) >= 11 is 0. The van der Waals surface area contributed by atoms with E-state index < -0.39 is 58.4 Å². The molecule has 246 valence electrons. The summed E-state index contributed by atoms with van der Waals surface area (Å²) in [4.78, 5) is 60.9. The fourth-order valence-corrected chi connectivity index (χ4v) is 5.94. The third kappa shape index (κ3) is 6.45. The lowest BCUT2D eigenvalue weighted by Crippen LogP contribution is -2.47. The van der Waals surface area contributed by atoms with Crippen LogP contribution in [0.25, 0.3) is 11.1 Å². The highest BCUT2D eigenvalue weighted by molar-refractivity contribution is 6.24. The molecule has 12 nitrogen and oxygen atoms in total. The number of aryl methyl sites for hydroxylation is 2. The Labute approximate surface area is 266 Å². The van der Waals surface area contributed by atoms with E-state index in [1.54, 1.807) is 26.0 Å². The number of rotatable bonds is 11. The molecule has 0 spiro atoms. The number of aliphatic hydroxyl groups excluding tert-OH is 4. The van der Waals surface area contributed by atoms with Gasteiger partial charge < -0.3 is 29.9 Å². The van der Waals surface area contributed by atoms with E-state index in [2.05, 4.69) is 9.97 Å². The lowest BCUT2D eigenvalue weighted by Gasteiger charge is -2.38. The Bertz CT molecular complexity index is 1540. The summed E-state index contributed by atoms with van der Waals surface area (Å²) in [6.45, 7) is 7.93. The predicted molar refractivity (Wildman–Crippen MR) is 166 cm³/mol. The normalized spacial score (nSPS) is 22.3. The first-order valence-corrected chi connectivity index (χ1v) is 15.2. The van der Waals surface area contributed by atoms with Gasteiger partial charge in [0.15, 0.2) is 11.5 Å². The number of aliphatic hydroxyl groups is 4. The number of hydrogen-bond acceptors (Lipinski definition) is 12. The summed E-state index contributed by atoms with van der Waals surface area (Å²) in [5, 5.41) is 43.3. The van der Waals surface area contributed by atoms with Crippen molar-refractivity contribution in [2.75, 3.05) is 0 Å². The molecule has 2 aliphatic rings. The molecule has 4 rings (SSSR count). The van der Waals surface area contributed by atoms with Gasteiger partial charge in [-0.3, -0.25) is 29.1 Å². The van der Waals surface area contributed by atoms with Gasteiger partial charge >= 0.3 is 11.9 Å². The Balaban J connectivity index is 2.05. The zero-order valence-corrected chi connectivity index (χ0v) is 26.8. The SMILES string of the molecule is CC(=O)OC1(C)C(=O)c2cnc(CCCC(C)O)cc2C(C2=C(O)C(C)(OC(C)=O)C(=O)c3cnc(CCCC(C)O)cc32)=C1O. The lowest BCUT2D eigenvalue weighted by atomic mass is 9.71. The third-order valence-electron chi connectivity index (χ3n) is 8.25. The van der Waals surface area contributed by atoms with Crippen molar-refractivity contribution in [2.24, 2.45) is 0 Å². The molecule has 2 aliphatic carbocycles. The van der Waals surface area contributed by atoms with Gasteiger partial charge in [0, 0.05) is 71.0 Å².